The molecule has 18 heavy (non-hydrogen) atoms. The van der Waals surface area contributed by atoms with Gasteiger partial charge in [0.1, 0.15) is 0 Å². The zero-order valence-corrected chi connectivity index (χ0v) is 11.3. The number of amidine groups is 2. The third-order valence-electron chi connectivity index (χ3n) is 2.32. The van der Waals surface area contributed by atoms with E-state index in [1.54, 1.807) is 0 Å². The Morgan fingerprint density at radius 2 is 1.67 bits per heavy atom. The lowest BCUT2D eigenvalue weighted by Gasteiger charge is -2.19. The maximum atomic E-state index is 5.29. The minimum absolute atomic E-state index is 0.209. The van der Waals surface area contributed by atoms with Gasteiger partial charge >= 0.3 is 13.7 Å². The second kappa shape index (κ2) is 5.44. The predicted octanol–water partition coefficient (Wildman–Crippen LogP) is 2.69. The first kappa shape index (κ1) is 13.0. The number of hydrogen-bond acceptors (Lipinski definition) is 6. The fourth-order valence-electron chi connectivity index (χ4n) is 1.42. The highest BCUT2D eigenvalue weighted by Crippen LogP contribution is 2.54. The average molecular weight is 267 g/mol. The molecule has 0 fully saturated rings. The van der Waals surface area contributed by atoms with Crippen molar-refractivity contribution in [3.63, 3.8) is 0 Å². The number of nitrogens with zero attached hydrogens (tertiary/aromatic N) is 3. The quantitative estimate of drug-likeness (QED) is 0.791. The van der Waals surface area contributed by atoms with Crippen molar-refractivity contribution in [2.45, 2.75) is 0 Å². The number of ether oxygens (including phenoxy) is 1. The lowest BCUT2D eigenvalue weighted by atomic mass is 10.2. The number of rotatable bonds is 3. The largest absolute Gasteiger partial charge is 0.467 e. The summed E-state index contributed by atoms with van der Waals surface area (Å²) in [5.41, 5.74) is 0.862. The summed E-state index contributed by atoms with van der Waals surface area (Å²) in [5, 5.41) is 0. The molecule has 0 radical (unpaired) electrons. The van der Waals surface area contributed by atoms with Crippen LogP contribution in [0.5, 0.6) is 0 Å². The molecular weight excluding hydrogens is 253 g/mol. The summed E-state index contributed by atoms with van der Waals surface area (Å²) in [5.74, 6) is 0.500. The summed E-state index contributed by atoms with van der Waals surface area (Å²) < 4.78 is 24.2. The topological polar surface area (TPSA) is 64.8 Å². The van der Waals surface area contributed by atoms with Crippen molar-refractivity contribution in [3.05, 3.63) is 35.9 Å². The zero-order chi connectivity index (χ0) is 13.0. The molecule has 0 spiro atoms. The first-order valence-electron chi connectivity index (χ1n) is 5.25. The Bertz CT molecular complexity index is 532. The molecule has 0 saturated heterocycles. The molecular formula is C11H14N3O3P. The van der Waals surface area contributed by atoms with Crippen LogP contribution >= 0.6 is 7.66 Å². The van der Waals surface area contributed by atoms with Crippen molar-refractivity contribution in [2.24, 2.45) is 14.5 Å². The fraction of sp³-hybridized carbons (Fsp3) is 0.273. The van der Waals surface area contributed by atoms with Crippen LogP contribution < -0.4 is 0 Å². The van der Waals surface area contributed by atoms with Crippen LogP contribution in [-0.4, -0.2) is 33.2 Å². The van der Waals surface area contributed by atoms with Crippen LogP contribution in [0.1, 0.15) is 5.56 Å². The van der Waals surface area contributed by atoms with Crippen molar-refractivity contribution in [3.8, 4) is 0 Å². The molecule has 0 saturated carbocycles. The molecule has 6 nitrogen and oxygen atoms in total. The first-order valence-corrected chi connectivity index (χ1v) is 6.78. The second-order valence-corrected chi connectivity index (χ2v) is 5.46. The summed E-state index contributed by atoms with van der Waals surface area (Å²) in [4.78, 5) is 4.21. The van der Waals surface area contributed by atoms with Gasteiger partial charge < -0.3 is 13.8 Å². The van der Waals surface area contributed by atoms with Crippen molar-refractivity contribution in [1.82, 2.24) is 0 Å². The van der Waals surface area contributed by atoms with E-state index >= 15 is 0 Å². The molecule has 7 heteroatoms. The van der Waals surface area contributed by atoms with Crippen LogP contribution in [-0.2, 0) is 13.8 Å². The predicted molar refractivity (Wildman–Crippen MR) is 70.8 cm³/mol. The Kier molecular flexibility index (Phi) is 3.91. The van der Waals surface area contributed by atoms with E-state index < -0.39 is 7.66 Å². The highest BCUT2D eigenvalue weighted by molar-refractivity contribution is 7.55. The van der Waals surface area contributed by atoms with Gasteiger partial charge in [0.15, 0.2) is 5.84 Å². The Hall–Kier alpha value is -1.49. The van der Waals surface area contributed by atoms with Crippen molar-refractivity contribution in [2.75, 3.05) is 21.3 Å². The molecule has 0 atom stereocenters. The molecule has 0 aliphatic carbocycles. The van der Waals surface area contributed by atoms with Crippen LogP contribution in [0.25, 0.3) is 0 Å². The van der Waals surface area contributed by atoms with E-state index in [9.17, 15) is 0 Å². The molecule has 1 aromatic carbocycles. The molecule has 0 bridgehead atoms. The van der Waals surface area contributed by atoms with E-state index in [1.165, 1.54) is 21.3 Å². The molecule has 2 rings (SSSR count). The molecule has 1 aromatic rings. The Morgan fingerprint density at radius 1 is 1.00 bits per heavy atom. The molecule has 0 unspecified atom stereocenters. The Labute approximate surface area is 106 Å². The third-order valence-corrected chi connectivity index (χ3v) is 4.14. The number of hydrogen-bond donors (Lipinski definition) is 0. The molecule has 96 valence electrons. The maximum Gasteiger partial charge on any atom is 0.346 e. The summed E-state index contributed by atoms with van der Waals surface area (Å²) in [6.07, 6.45) is 0. The monoisotopic (exact) mass is 267 g/mol. The molecule has 0 amide bonds. The normalized spacial score (nSPS) is 17.5. The van der Waals surface area contributed by atoms with Crippen LogP contribution in [0.4, 0.5) is 0 Å². The summed E-state index contributed by atoms with van der Waals surface area (Å²) in [7, 11) is 1.82. The lowest BCUT2D eigenvalue weighted by Crippen LogP contribution is -2.10. The molecule has 1 aliphatic heterocycles. The molecule has 0 N–H and O–H groups in total. The second-order valence-electron chi connectivity index (χ2n) is 3.34. The first-order chi connectivity index (χ1) is 8.73. The van der Waals surface area contributed by atoms with Gasteiger partial charge in [-0.05, 0) is 0 Å². The van der Waals surface area contributed by atoms with Gasteiger partial charge in [0.25, 0.3) is 0 Å². The molecule has 1 heterocycles. The fourth-order valence-corrected chi connectivity index (χ4v) is 2.68. The number of benzene rings is 1. The number of aliphatic imine (C=N–C) groups is 1. The third kappa shape index (κ3) is 2.51. The Morgan fingerprint density at radius 3 is 2.22 bits per heavy atom. The standard InChI is InChI=1S/C11H14N3O3P/c1-15-11-12-10(9-7-5-4-6-8-9)13-18(14-11,16-2)17-3/h4-8H,1-3H3. The van der Waals surface area contributed by atoms with Crippen LogP contribution in [0.2, 0.25) is 0 Å². The van der Waals surface area contributed by atoms with Gasteiger partial charge in [-0.3, -0.25) is 0 Å². The van der Waals surface area contributed by atoms with Crippen molar-refractivity contribution < 1.29 is 13.8 Å². The maximum absolute atomic E-state index is 5.29. The van der Waals surface area contributed by atoms with Crippen molar-refractivity contribution >= 4 is 19.5 Å². The van der Waals surface area contributed by atoms with E-state index in [2.05, 4.69) is 14.5 Å². The van der Waals surface area contributed by atoms with Crippen LogP contribution in [0.15, 0.2) is 44.8 Å². The highest BCUT2D eigenvalue weighted by atomic mass is 31.2. The van der Waals surface area contributed by atoms with E-state index in [-0.39, 0.29) is 6.02 Å². The van der Waals surface area contributed by atoms with Gasteiger partial charge in [-0.2, -0.15) is 9.76 Å². The van der Waals surface area contributed by atoms with Crippen LogP contribution in [0, 0.1) is 0 Å². The van der Waals surface area contributed by atoms with E-state index in [1.807, 2.05) is 30.3 Å². The zero-order valence-electron chi connectivity index (χ0n) is 10.4. The van der Waals surface area contributed by atoms with Gasteiger partial charge in [0.2, 0.25) is 0 Å². The minimum Gasteiger partial charge on any atom is -0.467 e. The minimum atomic E-state index is -2.69. The van der Waals surface area contributed by atoms with E-state index in [4.69, 9.17) is 13.8 Å². The highest BCUT2D eigenvalue weighted by Gasteiger charge is 2.25. The summed E-state index contributed by atoms with van der Waals surface area (Å²) >= 11 is 0. The SMILES string of the molecule is COC1=NC(c2ccccc2)=NP(OC)(OC)=N1. The van der Waals surface area contributed by atoms with E-state index in [0.29, 0.717) is 5.84 Å². The van der Waals surface area contributed by atoms with Crippen LogP contribution in [0.3, 0.4) is 0 Å². The molecule has 0 aromatic heterocycles. The Balaban J connectivity index is 2.52. The average Bonchev–Trinajstić information content (AvgIpc) is 2.47. The van der Waals surface area contributed by atoms with Gasteiger partial charge in [-0.15, -0.1) is 4.74 Å². The van der Waals surface area contributed by atoms with Crippen molar-refractivity contribution in [1.29, 1.82) is 0 Å². The molecule has 1 aliphatic rings. The number of methoxy groups -OCH3 is 1. The summed E-state index contributed by atoms with van der Waals surface area (Å²) in [6, 6.07) is 9.76. The smallest absolute Gasteiger partial charge is 0.346 e. The summed E-state index contributed by atoms with van der Waals surface area (Å²) in [6.45, 7) is 0. The van der Waals surface area contributed by atoms with Gasteiger partial charge in [-0.25, -0.2) is 0 Å². The van der Waals surface area contributed by atoms with E-state index in [0.717, 1.165) is 5.56 Å². The lowest BCUT2D eigenvalue weighted by molar-refractivity contribution is 0.325. The van der Waals surface area contributed by atoms with Gasteiger partial charge in [-0.1, -0.05) is 30.3 Å². The van der Waals surface area contributed by atoms with Gasteiger partial charge in [0, 0.05) is 19.8 Å². The van der Waals surface area contributed by atoms with Gasteiger partial charge in [0.05, 0.1) is 7.11 Å².